The Hall–Kier alpha value is -2.42. The zero-order valence-corrected chi connectivity index (χ0v) is 12.2. The van der Waals surface area contributed by atoms with Gasteiger partial charge < -0.3 is 0 Å². The van der Waals surface area contributed by atoms with Gasteiger partial charge in [0, 0.05) is 10.3 Å². The number of hydrogen-bond donors (Lipinski definition) is 0. The third kappa shape index (κ3) is 1.97. The first-order valence-electron chi connectivity index (χ1n) is 6.19. The van der Waals surface area contributed by atoms with Crippen molar-refractivity contribution in [2.45, 2.75) is 0 Å². The number of fused-ring (bicyclic) bond motifs is 2. The third-order valence-corrected chi connectivity index (χ3v) is 4.46. The van der Waals surface area contributed by atoms with Gasteiger partial charge in [-0.25, -0.2) is 9.50 Å². The largest absolute Gasteiger partial charge is 0.235 e. The van der Waals surface area contributed by atoms with E-state index in [1.165, 1.54) is 11.3 Å². The summed E-state index contributed by atoms with van der Waals surface area (Å²) in [4.78, 5) is 5.04. The second-order valence-corrected chi connectivity index (χ2v) is 6.02. The highest BCUT2D eigenvalue weighted by atomic mass is 35.5. The van der Waals surface area contributed by atoms with E-state index in [1.54, 1.807) is 16.8 Å². The lowest BCUT2D eigenvalue weighted by Gasteiger charge is -2.01. The molecule has 21 heavy (non-hydrogen) atoms. The molecule has 0 aliphatic carbocycles. The smallest absolute Gasteiger partial charge is 0.154 e. The predicted molar refractivity (Wildman–Crippen MR) is 83.5 cm³/mol. The Balaban J connectivity index is 1.95. The number of nitriles is 1. The monoisotopic (exact) mass is 310 g/mol. The molecule has 4 rings (SSSR count). The topological polar surface area (TPSA) is 54.0 Å². The summed E-state index contributed by atoms with van der Waals surface area (Å²) in [6.45, 7) is 0. The van der Waals surface area contributed by atoms with Crippen molar-refractivity contribution in [1.29, 1.82) is 5.26 Å². The summed E-state index contributed by atoms with van der Waals surface area (Å²) in [6.07, 6.45) is 1.78. The summed E-state index contributed by atoms with van der Waals surface area (Å²) in [5.74, 6) is 0. The lowest BCUT2D eigenvalue weighted by Crippen LogP contribution is -1.93. The average molecular weight is 311 g/mol. The number of thiophene rings is 1. The lowest BCUT2D eigenvalue weighted by molar-refractivity contribution is 0.943. The summed E-state index contributed by atoms with van der Waals surface area (Å²) in [5.41, 5.74) is 2.62. The molecule has 0 radical (unpaired) electrons. The number of aromatic nitrogens is 3. The maximum absolute atomic E-state index is 8.99. The van der Waals surface area contributed by atoms with Gasteiger partial charge in [-0.15, -0.1) is 11.3 Å². The van der Waals surface area contributed by atoms with Crippen LogP contribution in [0.3, 0.4) is 0 Å². The van der Waals surface area contributed by atoms with Crippen LogP contribution in [-0.2, 0) is 0 Å². The zero-order valence-electron chi connectivity index (χ0n) is 10.6. The van der Waals surface area contributed by atoms with Crippen molar-refractivity contribution in [3.8, 4) is 17.3 Å². The van der Waals surface area contributed by atoms with E-state index in [0.29, 0.717) is 10.0 Å². The Morgan fingerprint density at radius 2 is 2.10 bits per heavy atom. The first-order valence-corrected chi connectivity index (χ1v) is 7.38. The van der Waals surface area contributed by atoms with Crippen molar-refractivity contribution in [2.75, 3.05) is 0 Å². The summed E-state index contributed by atoms with van der Waals surface area (Å²) in [5, 5.41) is 14.8. The molecule has 6 heteroatoms. The summed E-state index contributed by atoms with van der Waals surface area (Å²) in [7, 11) is 0. The van der Waals surface area contributed by atoms with Gasteiger partial charge in [0.25, 0.3) is 0 Å². The van der Waals surface area contributed by atoms with E-state index in [-0.39, 0.29) is 0 Å². The van der Waals surface area contributed by atoms with Crippen LogP contribution >= 0.6 is 22.9 Å². The standard InChI is InChI=1S/C15H7ClN4S/c16-14-3-4-15-18-8-12(20(15)19-14)9-1-2-10-5-11(7-17)21-13(10)6-9/h1-6,8H. The van der Waals surface area contributed by atoms with Gasteiger partial charge in [0.2, 0.25) is 0 Å². The molecular formula is C15H7ClN4S. The predicted octanol–water partition coefficient (Wildman–Crippen LogP) is 4.14. The van der Waals surface area contributed by atoms with Crippen LogP contribution in [0.4, 0.5) is 0 Å². The number of halogens is 1. The lowest BCUT2D eigenvalue weighted by atomic mass is 10.1. The highest BCUT2D eigenvalue weighted by Crippen LogP contribution is 2.30. The molecule has 0 N–H and O–H groups in total. The third-order valence-electron chi connectivity index (χ3n) is 3.26. The van der Waals surface area contributed by atoms with Crippen molar-refractivity contribution >= 4 is 38.7 Å². The molecule has 4 nitrogen and oxygen atoms in total. The Morgan fingerprint density at radius 3 is 2.95 bits per heavy atom. The van der Waals surface area contributed by atoms with Crippen LogP contribution in [0.1, 0.15) is 4.88 Å². The van der Waals surface area contributed by atoms with Gasteiger partial charge in [0.1, 0.15) is 16.1 Å². The van der Waals surface area contributed by atoms with Crippen LogP contribution in [0.25, 0.3) is 27.0 Å². The molecular weight excluding hydrogens is 304 g/mol. The molecule has 0 spiro atoms. The van der Waals surface area contributed by atoms with Gasteiger partial charge in [-0.3, -0.25) is 0 Å². The Kier molecular flexibility index (Phi) is 2.67. The fourth-order valence-corrected chi connectivity index (χ4v) is 3.33. The highest BCUT2D eigenvalue weighted by molar-refractivity contribution is 7.19. The molecule has 0 saturated heterocycles. The minimum Gasteiger partial charge on any atom is -0.235 e. The molecule has 1 aromatic carbocycles. The first kappa shape index (κ1) is 12.3. The molecule has 3 aromatic heterocycles. The number of hydrogen-bond acceptors (Lipinski definition) is 4. The van der Waals surface area contributed by atoms with Crippen molar-refractivity contribution in [2.24, 2.45) is 0 Å². The molecule has 100 valence electrons. The van der Waals surface area contributed by atoms with Gasteiger partial charge in [-0.1, -0.05) is 23.7 Å². The zero-order chi connectivity index (χ0) is 14.4. The molecule has 0 amide bonds. The maximum atomic E-state index is 8.99. The van der Waals surface area contributed by atoms with E-state index in [2.05, 4.69) is 16.2 Å². The van der Waals surface area contributed by atoms with Gasteiger partial charge >= 0.3 is 0 Å². The number of imidazole rings is 1. The van der Waals surface area contributed by atoms with E-state index in [1.807, 2.05) is 30.3 Å². The van der Waals surface area contributed by atoms with Crippen molar-refractivity contribution in [3.63, 3.8) is 0 Å². The van der Waals surface area contributed by atoms with Gasteiger partial charge in [-0.2, -0.15) is 10.4 Å². The number of nitrogens with zero attached hydrogens (tertiary/aromatic N) is 4. The van der Waals surface area contributed by atoms with Gasteiger partial charge in [0.15, 0.2) is 5.65 Å². The minimum absolute atomic E-state index is 0.422. The van der Waals surface area contributed by atoms with Crippen molar-refractivity contribution < 1.29 is 0 Å². The molecule has 0 aliphatic heterocycles. The molecule has 0 bridgehead atoms. The van der Waals surface area contributed by atoms with E-state index in [0.717, 1.165) is 27.0 Å². The molecule has 3 heterocycles. The summed E-state index contributed by atoms with van der Waals surface area (Å²) < 4.78 is 2.79. The van der Waals surface area contributed by atoms with Gasteiger partial charge in [-0.05, 0) is 29.7 Å². The van der Waals surface area contributed by atoms with E-state index < -0.39 is 0 Å². The summed E-state index contributed by atoms with van der Waals surface area (Å²) >= 11 is 7.44. The second-order valence-electron chi connectivity index (χ2n) is 4.54. The van der Waals surface area contributed by atoms with Crippen LogP contribution in [0.5, 0.6) is 0 Å². The second kappa shape index (κ2) is 4.55. The molecule has 0 atom stereocenters. The molecule has 0 saturated carbocycles. The Bertz CT molecular complexity index is 1030. The molecule has 0 aliphatic rings. The van der Waals surface area contributed by atoms with E-state index in [4.69, 9.17) is 16.9 Å². The van der Waals surface area contributed by atoms with Crippen LogP contribution in [-0.4, -0.2) is 14.6 Å². The highest BCUT2D eigenvalue weighted by Gasteiger charge is 2.09. The van der Waals surface area contributed by atoms with E-state index >= 15 is 0 Å². The quantitative estimate of drug-likeness (QED) is 0.531. The first-order chi connectivity index (χ1) is 10.2. The molecule has 4 aromatic rings. The average Bonchev–Trinajstić information content (AvgIpc) is 3.08. The van der Waals surface area contributed by atoms with Crippen LogP contribution < -0.4 is 0 Å². The molecule has 0 fully saturated rings. The number of benzene rings is 1. The fourth-order valence-electron chi connectivity index (χ4n) is 2.29. The maximum Gasteiger partial charge on any atom is 0.154 e. The normalized spacial score (nSPS) is 11.0. The van der Waals surface area contributed by atoms with Crippen LogP contribution in [0, 0.1) is 11.3 Å². The van der Waals surface area contributed by atoms with Crippen molar-refractivity contribution in [1.82, 2.24) is 14.6 Å². The SMILES string of the molecule is N#Cc1cc2ccc(-c3cnc4ccc(Cl)nn34)cc2s1. The number of rotatable bonds is 1. The summed E-state index contributed by atoms with van der Waals surface area (Å²) in [6, 6.07) is 13.7. The minimum atomic E-state index is 0.422. The Labute approximate surface area is 128 Å². The fraction of sp³-hybridized carbons (Fsp3) is 0. The Morgan fingerprint density at radius 1 is 1.19 bits per heavy atom. The van der Waals surface area contributed by atoms with Crippen LogP contribution in [0.15, 0.2) is 42.6 Å². The van der Waals surface area contributed by atoms with Crippen molar-refractivity contribution in [3.05, 3.63) is 52.6 Å². The van der Waals surface area contributed by atoms with Crippen LogP contribution in [0.2, 0.25) is 5.15 Å². The van der Waals surface area contributed by atoms with E-state index in [9.17, 15) is 0 Å². The van der Waals surface area contributed by atoms with Gasteiger partial charge in [0.05, 0.1) is 11.9 Å². The molecule has 0 unspecified atom stereocenters.